The summed E-state index contributed by atoms with van der Waals surface area (Å²) in [4.78, 5) is 5.40. The Bertz CT molecular complexity index is 3570. The molecule has 0 amide bonds. The molecule has 12 rings (SSSR count). The maximum absolute atomic E-state index is 3.10. The zero-order chi connectivity index (χ0) is 52.6. The zero-order valence-electron chi connectivity index (χ0n) is 46.6. The molecule has 9 aromatic rings. The maximum atomic E-state index is 2.75. The Kier molecular flexibility index (Phi) is 11.4. The lowest BCUT2D eigenvalue weighted by molar-refractivity contribution is 0.332. The van der Waals surface area contributed by atoms with Crippen molar-refractivity contribution in [3.8, 4) is 0 Å². The molecule has 3 aliphatic rings. The molecule has 2 aliphatic heterocycles. The first-order valence-corrected chi connectivity index (χ1v) is 30.3. The molecule has 1 aliphatic carbocycles. The summed E-state index contributed by atoms with van der Waals surface area (Å²) in [6.07, 6.45) is 2.33. The van der Waals surface area contributed by atoms with Gasteiger partial charge in [0, 0.05) is 43.3 Å². The SMILES string of the molecule is CC(C)(C)c1ccc(N2c3ccc(C(C)(C)C)cc3B3c4sc5cc(C(C)(C)C)ccc5c4N(c4ccc5c(c4)C(C)(C)CCC5(C)C)c4cc([Si](c5ccccc5)(c5ccccc5)c5ccccc5)cc2c43)cc1. The van der Waals surface area contributed by atoms with E-state index in [1.165, 1.54) is 115 Å². The number of thiophene rings is 1. The molecule has 8 aromatic carbocycles. The highest BCUT2D eigenvalue weighted by molar-refractivity contribution is 7.33. The van der Waals surface area contributed by atoms with Crippen LogP contribution in [0.3, 0.4) is 0 Å². The third-order valence-corrected chi connectivity index (χ3v) is 23.5. The molecule has 5 heteroatoms. The van der Waals surface area contributed by atoms with Crippen LogP contribution in [0.5, 0.6) is 0 Å². The fourth-order valence-corrected chi connectivity index (χ4v) is 19.2. The van der Waals surface area contributed by atoms with Gasteiger partial charge in [0.1, 0.15) is 0 Å². The number of nitrogens with zero attached hydrogens (tertiary/aromatic N) is 2. The molecule has 3 heterocycles. The Balaban J connectivity index is 1.28. The van der Waals surface area contributed by atoms with E-state index in [0.717, 1.165) is 6.42 Å². The van der Waals surface area contributed by atoms with E-state index in [-0.39, 0.29) is 33.8 Å². The van der Waals surface area contributed by atoms with Crippen molar-refractivity contribution in [2.75, 3.05) is 9.80 Å². The van der Waals surface area contributed by atoms with E-state index in [1.54, 1.807) is 0 Å². The number of hydrogen-bond acceptors (Lipinski definition) is 3. The molecular formula is C70H73BN2SSi. The number of anilines is 6. The Morgan fingerprint density at radius 1 is 0.440 bits per heavy atom. The van der Waals surface area contributed by atoms with E-state index in [2.05, 4.69) is 282 Å². The van der Waals surface area contributed by atoms with Gasteiger partial charge in [-0.2, -0.15) is 0 Å². The minimum absolute atomic E-state index is 0.00263. The van der Waals surface area contributed by atoms with Gasteiger partial charge >= 0.3 is 0 Å². The molecule has 0 saturated carbocycles. The molecule has 0 unspecified atom stereocenters. The van der Waals surface area contributed by atoms with E-state index in [0.29, 0.717) is 0 Å². The second kappa shape index (κ2) is 17.3. The van der Waals surface area contributed by atoms with Gasteiger partial charge in [-0.25, -0.2) is 0 Å². The van der Waals surface area contributed by atoms with Crippen LogP contribution < -0.4 is 46.2 Å². The summed E-state index contributed by atoms with van der Waals surface area (Å²) in [5.74, 6) is 0. The summed E-state index contributed by atoms with van der Waals surface area (Å²) < 4.78 is 2.77. The van der Waals surface area contributed by atoms with Gasteiger partial charge < -0.3 is 9.80 Å². The highest BCUT2D eigenvalue weighted by Gasteiger charge is 2.50. The van der Waals surface area contributed by atoms with Gasteiger partial charge in [0.05, 0.1) is 5.69 Å². The highest BCUT2D eigenvalue weighted by atomic mass is 32.1. The zero-order valence-corrected chi connectivity index (χ0v) is 48.4. The average molecular weight is 1010 g/mol. The first-order chi connectivity index (χ1) is 35.6. The Morgan fingerprint density at radius 3 is 1.47 bits per heavy atom. The molecule has 0 atom stereocenters. The van der Waals surface area contributed by atoms with Gasteiger partial charge in [-0.15, -0.1) is 11.3 Å². The van der Waals surface area contributed by atoms with E-state index in [1.807, 2.05) is 11.3 Å². The van der Waals surface area contributed by atoms with E-state index in [9.17, 15) is 0 Å². The van der Waals surface area contributed by atoms with Crippen LogP contribution in [0.4, 0.5) is 34.1 Å². The topological polar surface area (TPSA) is 6.48 Å². The molecule has 0 fully saturated rings. The molecule has 2 nitrogen and oxygen atoms in total. The number of benzene rings is 8. The van der Waals surface area contributed by atoms with E-state index >= 15 is 0 Å². The lowest BCUT2D eigenvalue weighted by atomic mass is 9.36. The van der Waals surface area contributed by atoms with Crippen LogP contribution in [0.2, 0.25) is 0 Å². The van der Waals surface area contributed by atoms with Gasteiger partial charge in [0.2, 0.25) is 0 Å². The summed E-state index contributed by atoms with van der Waals surface area (Å²) in [5, 5.41) is 6.80. The lowest BCUT2D eigenvalue weighted by Gasteiger charge is -2.46. The monoisotopic (exact) mass is 1010 g/mol. The van der Waals surface area contributed by atoms with Gasteiger partial charge in [-0.05, 0) is 148 Å². The molecule has 75 heavy (non-hydrogen) atoms. The minimum Gasteiger partial charge on any atom is -0.311 e. The predicted molar refractivity (Wildman–Crippen MR) is 331 cm³/mol. The maximum Gasteiger partial charge on any atom is 0.264 e. The van der Waals surface area contributed by atoms with Crippen molar-refractivity contribution < 1.29 is 0 Å². The summed E-state index contributed by atoms with van der Waals surface area (Å²) in [6.45, 7) is 31.0. The predicted octanol–water partition coefficient (Wildman–Crippen LogP) is 14.6. The van der Waals surface area contributed by atoms with Crippen molar-refractivity contribution in [2.45, 2.75) is 130 Å². The Labute approximate surface area is 453 Å². The van der Waals surface area contributed by atoms with Gasteiger partial charge in [0.25, 0.3) is 6.71 Å². The van der Waals surface area contributed by atoms with E-state index < -0.39 is 8.07 Å². The summed E-state index contributed by atoms with van der Waals surface area (Å²) in [6, 6.07) is 71.9. The Hall–Kier alpha value is -6.40. The van der Waals surface area contributed by atoms with Crippen molar-refractivity contribution in [1.82, 2.24) is 0 Å². The summed E-state index contributed by atoms with van der Waals surface area (Å²) in [7, 11) is -3.10. The van der Waals surface area contributed by atoms with Crippen molar-refractivity contribution >= 4 is 107 Å². The van der Waals surface area contributed by atoms with Crippen molar-refractivity contribution in [1.29, 1.82) is 0 Å². The van der Waals surface area contributed by atoms with Crippen LogP contribution in [0, 0.1) is 0 Å². The molecule has 0 N–H and O–H groups in total. The van der Waals surface area contributed by atoms with Gasteiger partial charge in [-0.3, -0.25) is 0 Å². The highest BCUT2D eigenvalue weighted by Crippen LogP contribution is 2.52. The fourth-order valence-electron chi connectivity index (χ4n) is 13.1. The van der Waals surface area contributed by atoms with E-state index in [4.69, 9.17) is 0 Å². The Morgan fingerprint density at radius 2 is 0.920 bits per heavy atom. The molecule has 0 spiro atoms. The molecule has 0 radical (unpaired) electrons. The lowest BCUT2D eigenvalue weighted by Crippen LogP contribution is -2.75. The quantitative estimate of drug-likeness (QED) is 0.121. The minimum atomic E-state index is -3.10. The second-order valence-electron chi connectivity index (χ2n) is 26.5. The van der Waals surface area contributed by atoms with Crippen LogP contribution in [0.25, 0.3) is 10.1 Å². The van der Waals surface area contributed by atoms with Crippen LogP contribution in [-0.2, 0) is 27.1 Å². The smallest absolute Gasteiger partial charge is 0.264 e. The van der Waals surface area contributed by atoms with Crippen molar-refractivity contribution in [3.63, 3.8) is 0 Å². The third-order valence-electron chi connectivity index (χ3n) is 17.5. The van der Waals surface area contributed by atoms with Gasteiger partial charge in [0.15, 0.2) is 8.07 Å². The number of hydrogen-bond donors (Lipinski definition) is 0. The summed E-state index contributed by atoms with van der Waals surface area (Å²) in [5.41, 5.74) is 17.4. The first kappa shape index (κ1) is 49.5. The largest absolute Gasteiger partial charge is 0.311 e. The third kappa shape index (κ3) is 7.92. The molecule has 0 saturated heterocycles. The first-order valence-electron chi connectivity index (χ1n) is 27.5. The molecule has 0 bridgehead atoms. The average Bonchev–Trinajstić information content (AvgIpc) is 3.81. The normalized spacial score (nSPS) is 15.8. The summed E-state index contributed by atoms with van der Waals surface area (Å²) >= 11 is 2.02. The molecular weight excluding hydrogens is 940 g/mol. The van der Waals surface area contributed by atoms with Crippen LogP contribution >= 0.6 is 11.3 Å². The van der Waals surface area contributed by atoms with Crippen LogP contribution in [0.1, 0.15) is 131 Å². The fraction of sp³-hybridized carbons (Fsp3) is 0.286. The second-order valence-corrected chi connectivity index (χ2v) is 31.4. The standard InChI is InChI=1S/C70H73BN2SSi/c1-66(2,3)46-29-33-49(34-30-46)72-59-38-32-47(67(4,5)6)41-58(59)71-63-60(72)44-54(75(51-23-17-14-18-24-51,52-25-19-15-20-26-52)53-27-21-16-22-28-53)45-61(63)73(50-35-37-56-57(43-50)70(12,13)40-39-69(56,10)11)64-55-36-31-48(68(7,8)9)42-62(55)74-65(64)71/h14-38,41-45H,39-40H2,1-13H3. The van der Waals surface area contributed by atoms with Crippen LogP contribution in [-0.4, -0.2) is 14.8 Å². The molecule has 1 aromatic heterocycles. The van der Waals surface area contributed by atoms with Crippen molar-refractivity contribution in [3.05, 3.63) is 210 Å². The van der Waals surface area contributed by atoms with Gasteiger partial charge in [-0.1, -0.05) is 223 Å². The number of fused-ring (bicyclic) bond motifs is 7. The molecule has 376 valence electrons. The van der Waals surface area contributed by atoms with Crippen molar-refractivity contribution in [2.24, 2.45) is 0 Å². The van der Waals surface area contributed by atoms with Crippen LogP contribution in [0.15, 0.2) is 182 Å². The number of rotatable bonds is 6.